The Labute approximate surface area is 354 Å². The van der Waals surface area contributed by atoms with E-state index in [4.69, 9.17) is 0 Å². The first kappa shape index (κ1) is 36.4. The highest BCUT2D eigenvalue weighted by molar-refractivity contribution is 6.22. The first-order chi connectivity index (χ1) is 29.4. The van der Waals surface area contributed by atoms with Crippen LogP contribution in [0.1, 0.15) is 58.2 Å². The minimum atomic E-state index is 1.02. The van der Waals surface area contributed by atoms with E-state index in [0.717, 1.165) is 38.5 Å². The van der Waals surface area contributed by atoms with Crippen LogP contribution in [0.4, 0.5) is 28.4 Å². The number of allylic oxidation sites excluding steroid dienone is 3. The Morgan fingerprint density at radius 3 is 1.32 bits per heavy atom. The van der Waals surface area contributed by atoms with Crippen molar-refractivity contribution in [2.24, 2.45) is 0 Å². The van der Waals surface area contributed by atoms with E-state index in [2.05, 4.69) is 195 Å². The Balaban J connectivity index is 1.26. The second kappa shape index (κ2) is 14.6. The third-order valence-electron chi connectivity index (χ3n) is 13.2. The van der Waals surface area contributed by atoms with Crippen molar-refractivity contribution < 1.29 is 0 Å². The molecule has 60 heavy (non-hydrogen) atoms. The summed E-state index contributed by atoms with van der Waals surface area (Å²) >= 11 is 0. The van der Waals surface area contributed by atoms with Gasteiger partial charge in [0.05, 0.1) is 0 Å². The maximum absolute atomic E-state index is 2.57. The molecule has 292 valence electrons. The van der Waals surface area contributed by atoms with Crippen molar-refractivity contribution in [3.63, 3.8) is 0 Å². The molecule has 0 amide bonds. The fraction of sp³-hybridized carbons (Fsp3) is 0.172. The van der Waals surface area contributed by atoms with E-state index in [0.29, 0.717) is 0 Å². The van der Waals surface area contributed by atoms with Crippen molar-refractivity contribution in [1.82, 2.24) is 0 Å². The third kappa shape index (κ3) is 6.16. The van der Waals surface area contributed by atoms with Crippen LogP contribution in [-0.4, -0.2) is 0 Å². The molecule has 3 aliphatic rings. The van der Waals surface area contributed by atoms with Crippen LogP contribution < -0.4 is 9.80 Å². The predicted molar refractivity (Wildman–Crippen MR) is 256 cm³/mol. The minimum absolute atomic E-state index is 1.02. The van der Waals surface area contributed by atoms with Gasteiger partial charge in [-0.15, -0.1) is 0 Å². The van der Waals surface area contributed by atoms with Crippen LogP contribution in [0.3, 0.4) is 0 Å². The average Bonchev–Trinajstić information content (AvgIpc) is 3.53. The first-order valence-corrected chi connectivity index (χ1v) is 21.8. The Morgan fingerprint density at radius 1 is 0.383 bits per heavy atom. The molecule has 8 aromatic carbocycles. The van der Waals surface area contributed by atoms with Crippen molar-refractivity contribution in [3.05, 3.63) is 208 Å². The third-order valence-corrected chi connectivity index (χ3v) is 13.2. The standard InChI is InChI=1S/C58H50N2/c1-37-29-38(2)32-45(31-37)57-49-27-25-48(60-55-19-11-7-15-43(55)23-24-44-16-8-12-20-56(44)60)36-52(49)58(46-33-39(3)30-40(4)34-46)50-28-26-47(35-51(50)57)59-53-17-9-5-13-41(53)21-22-42-14-6-10-18-54(42)59/h5-7,9-15,17-20,25-36H,8,16,21-24H2,1-4H3. The number of anilines is 5. The van der Waals surface area contributed by atoms with Crippen molar-refractivity contribution in [3.8, 4) is 22.3 Å². The van der Waals surface area contributed by atoms with Crippen LogP contribution in [0.5, 0.6) is 0 Å². The number of rotatable bonds is 4. The molecule has 8 aromatic rings. The molecule has 0 fully saturated rings. The number of fused-ring (bicyclic) bond motifs is 5. The van der Waals surface area contributed by atoms with Gasteiger partial charge in [-0.1, -0.05) is 131 Å². The molecule has 0 aromatic heterocycles. The largest absolute Gasteiger partial charge is 0.310 e. The number of hydrogen-bond acceptors (Lipinski definition) is 2. The lowest BCUT2D eigenvalue weighted by atomic mass is 9.84. The van der Waals surface area contributed by atoms with Gasteiger partial charge >= 0.3 is 0 Å². The van der Waals surface area contributed by atoms with Crippen LogP contribution in [0.2, 0.25) is 0 Å². The van der Waals surface area contributed by atoms with E-state index in [-0.39, 0.29) is 0 Å². The summed E-state index contributed by atoms with van der Waals surface area (Å²) in [6, 6.07) is 55.9. The summed E-state index contributed by atoms with van der Waals surface area (Å²) in [7, 11) is 0. The van der Waals surface area contributed by atoms with Gasteiger partial charge in [0.2, 0.25) is 0 Å². The van der Waals surface area contributed by atoms with E-state index < -0.39 is 0 Å². The molecule has 11 rings (SSSR count). The maximum Gasteiger partial charge on any atom is 0.0493 e. The summed E-state index contributed by atoms with van der Waals surface area (Å²) < 4.78 is 0. The molecule has 0 N–H and O–H groups in total. The molecule has 2 aliphatic heterocycles. The average molecular weight is 775 g/mol. The Kier molecular flexibility index (Phi) is 8.85. The van der Waals surface area contributed by atoms with Gasteiger partial charge in [0.15, 0.2) is 0 Å². The molecule has 1 aliphatic carbocycles. The van der Waals surface area contributed by atoms with Gasteiger partial charge in [0.25, 0.3) is 0 Å². The normalized spacial score (nSPS) is 14.7. The van der Waals surface area contributed by atoms with Crippen molar-refractivity contribution >= 4 is 50.0 Å². The Bertz CT molecular complexity index is 3020. The van der Waals surface area contributed by atoms with Gasteiger partial charge < -0.3 is 9.80 Å². The highest BCUT2D eigenvalue weighted by Gasteiger charge is 2.27. The van der Waals surface area contributed by atoms with Gasteiger partial charge in [-0.2, -0.15) is 0 Å². The van der Waals surface area contributed by atoms with Gasteiger partial charge in [-0.05, 0) is 181 Å². The number of hydrogen-bond donors (Lipinski definition) is 0. The van der Waals surface area contributed by atoms with Crippen LogP contribution in [0, 0.1) is 27.7 Å². The molecule has 0 unspecified atom stereocenters. The second-order valence-corrected chi connectivity index (χ2v) is 17.4. The van der Waals surface area contributed by atoms with Crippen molar-refractivity contribution in [2.45, 2.75) is 66.2 Å². The van der Waals surface area contributed by atoms with Crippen molar-refractivity contribution in [2.75, 3.05) is 9.80 Å². The fourth-order valence-electron chi connectivity index (χ4n) is 10.7. The second-order valence-electron chi connectivity index (χ2n) is 17.4. The Morgan fingerprint density at radius 2 is 0.817 bits per heavy atom. The van der Waals surface area contributed by atoms with E-state index >= 15 is 0 Å². The topological polar surface area (TPSA) is 6.48 Å². The molecular formula is C58H50N2. The smallest absolute Gasteiger partial charge is 0.0493 e. The summed E-state index contributed by atoms with van der Waals surface area (Å²) in [6.45, 7) is 8.94. The number of aryl methyl sites for hydroxylation is 7. The van der Waals surface area contributed by atoms with E-state index in [1.54, 1.807) is 5.57 Å². The lowest BCUT2D eigenvalue weighted by Crippen LogP contribution is -2.18. The number of para-hydroxylation sites is 3. The quantitative estimate of drug-likeness (QED) is 0.164. The minimum Gasteiger partial charge on any atom is -0.310 e. The van der Waals surface area contributed by atoms with Gasteiger partial charge in [-0.3, -0.25) is 0 Å². The maximum atomic E-state index is 2.57. The zero-order valence-electron chi connectivity index (χ0n) is 35.1. The first-order valence-electron chi connectivity index (χ1n) is 21.8. The van der Waals surface area contributed by atoms with Gasteiger partial charge in [0, 0.05) is 34.1 Å². The lowest BCUT2D eigenvalue weighted by molar-refractivity contribution is 0.833. The summed E-state index contributed by atoms with van der Waals surface area (Å²) in [5, 5.41) is 5.09. The number of nitrogens with zero attached hydrogens (tertiary/aromatic N) is 2. The highest BCUT2D eigenvalue weighted by Crippen LogP contribution is 2.50. The molecule has 2 heterocycles. The van der Waals surface area contributed by atoms with Crippen LogP contribution in [0.15, 0.2) is 169 Å². The van der Waals surface area contributed by atoms with E-state index in [9.17, 15) is 0 Å². The van der Waals surface area contributed by atoms with Crippen LogP contribution in [-0.2, 0) is 19.3 Å². The van der Waals surface area contributed by atoms with Crippen LogP contribution >= 0.6 is 0 Å². The molecule has 0 spiro atoms. The number of benzene rings is 8. The molecule has 2 nitrogen and oxygen atoms in total. The molecule has 0 saturated carbocycles. The molecule has 0 atom stereocenters. The van der Waals surface area contributed by atoms with E-state index in [1.807, 2.05) is 0 Å². The zero-order valence-corrected chi connectivity index (χ0v) is 35.1. The SMILES string of the molecule is Cc1cc(C)cc(-c2c3ccc(N4c5ccccc5CCc5ccccc54)cc3c(-c3cc(C)cc(C)c3)c3ccc(N4C5=C(CCC=C5)CCc5ccccc54)cc23)c1. The van der Waals surface area contributed by atoms with Crippen LogP contribution in [0.25, 0.3) is 43.8 Å². The fourth-order valence-corrected chi connectivity index (χ4v) is 10.7. The molecule has 0 bridgehead atoms. The summed E-state index contributed by atoms with van der Waals surface area (Å²) in [6.07, 6.45) is 11.2. The molecule has 0 radical (unpaired) electrons. The zero-order chi connectivity index (χ0) is 40.5. The molecule has 0 saturated heterocycles. The van der Waals surface area contributed by atoms with Crippen molar-refractivity contribution in [1.29, 1.82) is 0 Å². The summed E-state index contributed by atoms with van der Waals surface area (Å²) in [5.41, 5.74) is 23.5. The highest BCUT2D eigenvalue weighted by atomic mass is 15.2. The van der Waals surface area contributed by atoms with Gasteiger partial charge in [-0.25, -0.2) is 0 Å². The predicted octanol–water partition coefficient (Wildman–Crippen LogP) is 15.8. The summed E-state index contributed by atoms with van der Waals surface area (Å²) in [5.74, 6) is 0. The summed E-state index contributed by atoms with van der Waals surface area (Å²) in [4.78, 5) is 5.09. The monoisotopic (exact) mass is 774 g/mol. The lowest BCUT2D eigenvalue weighted by Gasteiger charge is -2.30. The molecular weight excluding hydrogens is 725 g/mol. The van der Waals surface area contributed by atoms with E-state index in [1.165, 1.54) is 117 Å². The molecule has 2 heteroatoms. The Hall–Kier alpha value is -6.64. The van der Waals surface area contributed by atoms with Gasteiger partial charge in [0.1, 0.15) is 0 Å².